The van der Waals surface area contributed by atoms with Gasteiger partial charge in [0.1, 0.15) is 5.75 Å². The van der Waals surface area contributed by atoms with Gasteiger partial charge >= 0.3 is 0 Å². The molecule has 0 bridgehead atoms. The molecule has 1 heterocycles. The summed E-state index contributed by atoms with van der Waals surface area (Å²) in [5.74, 6) is 2.26. The Kier molecular flexibility index (Phi) is 5.06. The Morgan fingerprint density at radius 3 is 2.54 bits per heavy atom. The number of piperidine rings is 1. The summed E-state index contributed by atoms with van der Waals surface area (Å²) in [6.45, 7) is 10.3. The van der Waals surface area contributed by atoms with Gasteiger partial charge in [0.2, 0.25) is 0 Å². The van der Waals surface area contributed by atoms with Crippen molar-refractivity contribution in [3.63, 3.8) is 0 Å². The molecule has 1 fully saturated rings. The van der Waals surface area contributed by atoms with Crippen LogP contribution in [0.3, 0.4) is 0 Å². The minimum atomic E-state index is 0.701. The fourth-order valence-electron chi connectivity index (χ4n) is 3.53. The number of hydrogen-bond acceptors (Lipinski definition) is 2. The number of aryl methyl sites for hydroxylation is 1. The van der Waals surface area contributed by atoms with Gasteiger partial charge in [0.25, 0.3) is 0 Å². The largest absolute Gasteiger partial charge is 0.463 e. The van der Waals surface area contributed by atoms with E-state index < -0.39 is 0 Å². The number of allylic oxidation sites excluding steroid dienone is 1. The van der Waals surface area contributed by atoms with Gasteiger partial charge in [-0.1, -0.05) is 36.9 Å². The van der Waals surface area contributed by atoms with Crippen molar-refractivity contribution < 1.29 is 4.74 Å². The van der Waals surface area contributed by atoms with E-state index in [0.717, 1.165) is 5.75 Å². The van der Waals surface area contributed by atoms with Gasteiger partial charge in [-0.05, 0) is 87.1 Å². The van der Waals surface area contributed by atoms with Gasteiger partial charge in [0.05, 0.1) is 5.76 Å². The molecule has 0 N–H and O–H groups in total. The van der Waals surface area contributed by atoms with Gasteiger partial charge in [0.15, 0.2) is 0 Å². The molecule has 1 aliphatic rings. The predicted molar refractivity (Wildman–Crippen MR) is 102 cm³/mol. The number of benzene rings is 2. The summed E-state index contributed by atoms with van der Waals surface area (Å²) < 4.78 is 5.65. The molecule has 1 saturated heterocycles. The SMILES string of the molecule is C=C(C)Oc1cccc(-c2ccc(C3CCN(C)CC3)cc2C)c1. The third-order valence-corrected chi connectivity index (χ3v) is 4.88. The maximum Gasteiger partial charge on any atom is 0.127 e. The molecule has 0 spiro atoms. The highest BCUT2D eigenvalue weighted by atomic mass is 16.5. The Bertz CT molecular complexity index is 726. The smallest absolute Gasteiger partial charge is 0.127 e. The van der Waals surface area contributed by atoms with Crippen LogP contribution in [0.1, 0.15) is 36.8 Å². The van der Waals surface area contributed by atoms with Crippen LogP contribution in [0, 0.1) is 6.92 Å². The van der Waals surface area contributed by atoms with Gasteiger partial charge in [-0.3, -0.25) is 0 Å². The molecule has 0 amide bonds. The zero-order valence-corrected chi connectivity index (χ0v) is 15.0. The van der Waals surface area contributed by atoms with Crippen molar-refractivity contribution in [3.8, 4) is 16.9 Å². The van der Waals surface area contributed by atoms with Crippen molar-refractivity contribution in [3.05, 3.63) is 65.9 Å². The standard InChI is InChI=1S/C22H27NO/c1-16(2)24-21-7-5-6-20(15-21)22-9-8-19(14-17(22)3)18-10-12-23(4)13-11-18/h5-9,14-15,18H,1,10-13H2,2-4H3. The summed E-state index contributed by atoms with van der Waals surface area (Å²) >= 11 is 0. The summed E-state index contributed by atoms with van der Waals surface area (Å²) in [5, 5.41) is 0. The van der Waals surface area contributed by atoms with Crippen molar-refractivity contribution in [2.75, 3.05) is 20.1 Å². The van der Waals surface area contributed by atoms with Gasteiger partial charge in [-0.15, -0.1) is 0 Å². The van der Waals surface area contributed by atoms with Gasteiger partial charge in [-0.2, -0.15) is 0 Å². The topological polar surface area (TPSA) is 12.5 Å². The Morgan fingerprint density at radius 2 is 1.88 bits per heavy atom. The summed E-state index contributed by atoms with van der Waals surface area (Å²) in [6.07, 6.45) is 2.52. The van der Waals surface area contributed by atoms with Crippen molar-refractivity contribution in [1.82, 2.24) is 4.90 Å². The lowest BCUT2D eigenvalue weighted by Gasteiger charge is -2.29. The highest BCUT2D eigenvalue weighted by Crippen LogP contribution is 2.32. The van der Waals surface area contributed by atoms with Crippen LogP contribution < -0.4 is 4.74 Å². The number of likely N-dealkylation sites (tertiary alicyclic amines) is 1. The van der Waals surface area contributed by atoms with E-state index in [1.807, 2.05) is 19.1 Å². The maximum atomic E-state index is 5.65. The molecule has 2 nitrogen and oxygen atoms in total. The van der Waals surface area contributed by atoms with Crippen molar-refractivity contribution in [1.29, 1.82) is 0 Å². The molecule has 126 valence electrons. The Labute approximate surface area is 145 Å². The molecule has 0 aromatic heterocycles. The summed E-state index contributed by atoms with van der Waals surface area (Å²) in [4.78, 5) is 2.42. The van der Waals surface area contributed by atoms with Crippen molar-refractivity contribution in [2.45, 2.75) is 32.6 Å². The summed E-state index contributed by atoms with van der Waals surface area (Å²) in [7, 11) is 2.21. The summed E-state index contributed by atoms with van der Waals surface area (Å²) in [5.41, 5.74) is 5.29. The van der Waals surface area contributed by atoms with Gasteiger partial charge in [-0.25, -0.2) is 0 Å². The molecule has 3 rings (SSSR count). The minimum absolute atomic E-state index is 0.701. The maximum absolute atomic E-state index is 5.65. The molecule has 0 radical (unpaired) electrons. The second kappa shape index (κ2) is 7.23. The first-order chi connectivity index (χ1) is 11.5. The molecular formula is C22H27NO. The Balaban J connectivity index is 1.83. The number of rotatable bonds is 4. The van der Waals surface area contributed by atoms with Gasteiger partial charge < -0.3 is 9.64 Å². The van der Waals surface area contributed by atoms with Crippen LogP contribution in [0.25, 0.3) is 11.1 Å². The molecule has 0 unspecified atom stereocenters. The van der Waals surface area contributed by atoms with Crippen molar-refractivity contribution in [2.24, 2.45) is 0 Å². The molecule has 2 aromatic rings. The highest BCUT2D eigenvalue weighted by molar-refractivity contribution is 5.69. The lowest BCUT2D eigenvalue weighted by molar-refractivity contribution is 0.255. The molecule has 0 saturated carbocycles. The second-order valence-electron chi connectivity index (χ2n) is 6.98. The van der Waals surface area contributed by atoms with E-state index in [0.29, 0.717) is 11.7 Å². The lowest BCUT2D eigenvalue weighted by Crippen LogP contribution is -2.29. The lowest BCUT2D eigenvalue weighted by atomic mass is 9.87. The van der Waals surface area contributed by atoms with Crippen LogP contribution in [0.5, 0.6) is 5.75 Å². The molecule has 24 heavy (non-hydrogen) atoms. The van der Waals surface area contributed by atoms with Crippen LogP contribution in [0.15, 0.2) is 54.8 Å². The molecule has 2 heteroatoms. The van der Waals surface area contributed by atoms with E-state index in [9.17, 15) is 0 Å². The molecule has 2 aromatic carbocycles. The Hall–Kier alpha value is -2.06. The second-order valence-corrected chi connectivity index (χ2v) is 6.98. The number of ether oxygens (including phenoxy) is 1. The molecule has 0 aliphatic carbocycles. The first-order valence-electron chi connectivity index (χ1n) is 8.76. The van der Waals surface area contributed by atoms with E-state index in [4.69, 9.17) is 4.74 Å². The fourth-order valence-corrected chi connectivity index (χ4v) is 3.53. The molecule has 1 aliphatic heterocycles. The average molecular weight is 321 g/mol. The van der Waals surface area contributed by atoms with Gasteiger partial charge in [0, 0.05) is 0 Å². The average Bonchev–Trinajstić information content (AvgIpc) is 2.55. The number of hydrogen-bond donors (Lipinski definition) is 0. The fraction of sp³-hybridized carbons (Fsp3) is 0.364. The number of nitrogens with zero attached hydrogens (tertiary/aromatic N) is 1. The van der Waals surface area contributed by atoms with Crippen LogP contribution >= 0.6 is 0 Å². The third kappa shape index (κ3) is 3.88. The zero-order valence-electron chi connectivity index (χ0n) is 15.0. The first kappa shape index (κ1) is 16.8. The van der Waals surface area contributed by atoms with E-state index >= 15 is 0 Å². The zero-order chi connectivity index (χ0) is 17.1. The highest BCUT2D eigenvalue weighted by Gasteiger charge is 2.19. The third-order valence-electron chi connectivity index (χ3n) is 4.88. The van der Waals surface area contributed by atoms with E-state index in [1.54, 1.807) is 0 Å². The minimum Gasteiger partial charge on any atom is -0.463 e. The van der Waals surface area contributed by atoms with E-state index in [2.05, 4.69) is 55.8 Å². The van der Waals surface area contributed by atoms with Crippen LogP contribution in [-0.4, -0.2) is 25.0 Å². The van der Waals surface area contributed by atoms with Crippen LogP contribution in [0.2, 0.25) is 0 Å². The van der Waals surface area contributed by atoms with Crippen LogP contribution in [-0.2, 0) is 0 Å². The summed E-state index contributed by atoms with van der Waals surface area (Å²) in [6, 6.07) is 15.2. The molecular weight excluding hydrogens is 294 g/mol. The first-order valence-corrected chi connectivity index (χ1v) is 8.76. The van der Waals surface area contributed by atoms with E-state index in [1.165, 1.54) is 48.2 Å². The van der Waals surface area contributed by atoms with E-state index in [-0.39, 0.29) is 0 Å². The predicted octanol–water partition coefficient (Wildman–Crippen LogP) is 5.38. The van der Waals surface area contributed by atoms with Crippen LogP contribution in [0.4, 0.5) is 0 Å². The van der Waals surface area contributed by atoms with Crippen molar-refractivity contribution >= 4 is 0 Å². The monoisotopic (exact) mass is 321 g/mol. The normalized spacial score (nSPS) is 16.1. The quantitative estimate of drug-likeness (QED) is 0.701. The molecule has 0 atom stereocenters. The Morgan fingerprint density at radius 1 is 1.12 bits per heavy atom.